The minimum atomic E-state index is -0.909. The quantitative estimate of drug-likeness (QED) is 0.564. The Hall–Kier alpha value is -2.48. The zero-order valence-corrected chi connectivity index (χ0v) is 11.7. The average Bonchev–Trinajstić information content (AvgIpc) is 3.23. The van der Waals surface area contributed by atoms with Crippen LogP contribution in [0.2, 0.25) is 0 Å². The van der Waals surface area contributed by atoms with E-state index >= 15 is 0 Å². The number of benzene rings is 1. The van der Waals surface area contributed by atoms with Gasteiger partial charge in [-0.15, -0.1) is 11.3 Å². The van der Waals surface area contributed by atoms with Gasteiger partial charge < -0.3 is 5.32 Å². The molecule has 3 N–H and O–H groups in total. The number of rotatable bonds is 2. The Bertz CT molecular complexity index is 723. The molecular weight excluding hydrogens is 292 g/mol. The molecule has 0 atom stereocenters. The number of nitrogens with one attached hydrogen (secondary N) is 3. The van der Waals surface area contributed by atoms with Crippen molar-refractivity contribution >= 4 is 45.0 Å². The highest BCUT2D eigenvalue weighted by Crippen LogP contribution is 2.28. The SMILES string of the molecule is O=C(NNC(=O)C1CC1)C(=O)Nc1ccc2ncsc2c1. The number of carbonyl (C=O) groups excluding carboxylic acids is 3. The standard InChI is InChI=1S/C13H12N4O3S/c18-11(7-1-2-7)16-17-13(20)12(19)15-8-3-4-9-10(5-8)21-6-14-9/h3-7H,1-2H2,(H,15,19)(H,16,18)(H,17,20). The predicted molar refractivity (Wildman–Crippen MR) is 77.3 cm³/mol. The fourth-order valence-corrected chi connectivity index (χ4v) is 2.46. The van der Waals surface area contributed by atoms with Gasteiger partial charge in [0.2, 0.25) is 5.91 Å². The Morgan fingerprint density at radius 3 is 2.71 bits per heavy atom. The van der Waals surface area contributed by atoms with E-state index in [2.05, 4.69) is 21.2 Å². The van der Waals surface area contributed by atoms with Crippen LogP contribution in [0, 0.1) is 5.92 Å². The largest absolute Gasteiger partial charge is 0.328 e. The van der Waals surface area contributed by atoms with Crippen molar-refractivity contribution in [2.45, 2.75) is 12.8 Å². The van der Waals surface area contributed by atoms with Crippen LogP contribution >= 0.6 is 11.3 Å². The van der Waals surface area contributed by atoms with Crippen LogP contribution in [0.15, 0.2) is 23.7 Å². The molecule has 0 saturated heterocycles. The van der Waals surface area contributed by atoms with Gasteiger partial charge in [0.25, 0.3) is 0 Å². The Kier molecular flexibility index (Phi) is 3.53. The lowest BCUT2D eigenvalue weighted by Gasteiger charge is -2.07. The third kappa shape index (κ3) is 3.16. The molecule has 21 heavy (non-hydrogen) atoms. The van der Waals surface area contributed by atoms with Crippen LogP contribution in [0.1, 0.15) is 12.8 Å². The fourth-order valence-electron chi connectivity index (χ4n) is 1.74. The molecule has 1 fully saturated rings. The maximum atomic E-state index is 11.7. The van der Waals surface area contributed by atoms with Gasteiger partial charge in [0.05, 0.1) is 15.7 Å². The van der Waals surface area contributed by atoms with Gasteiger partial charge in [-0.05, 0) is 31.0 Å². The van der Waals surface area contributed by atoms with Gasteiger partial charge in [-0.2, -0.15) is 0 Å². The maximum Gasteiger partial charge on any atom is 0.328 e. The molecule has 1 aliphatic carbocycles. The molecule has 0 radical (unpaired) electrons. The molecule has 3 rings (SSSR count). The molecule has 0 bridgehead atoms. The van der Waals surface area contributed by atoms with E-state index in [0.29, 0.717) is 5.69 Å². The maximum absolute atomic E-state index is 11.7. The Labute approximate surface area is 123 Å². The Morgan fingerprint density at radius 2 is 1.95 bits per heavy atom. The van der Waals surface area contributed by atoms with Crippen molar-refractivity contribution < 1.29 is 14.4 Å². The Balaban J connectivity index is 1.56. The molecule has 1 saturated carbocycles. The summed E-state index contributed by atoms with van der Waals surface area (Å²) < 4.78 is 0.912. The number of nitrogens with zero attached hydrogens (tertiary/aromatic N) is 1. The number of amides is 3. The fraction of sp³-hybridized carbons (Fsp3) is 0.231. The number of fused-ring (bicyclic) bond motifs is 1. The van der Waals surface area contributed by atoms with Crippen LogP contribution in [-0.4, -0.2) is 22.7 Å². The van der Waals surface area contributed by atoms with E-state index in [4.69, 9.17) is 0 Å². The number of thiazole rings is 1. The molecule has 0 spiro atoms. The van der Waals surface area contributed by atoms with E-state index in [1.165, 1.54) is 11.3 Å². The number of carbonyl (C=O) groups is 3. The number of hydrogen-bond acceptors (Lipinski definition) is 5. The highest BCUT2D eigenvalue weighted by atomic mass is 32.1. The monoisotopic (exact) mass is 304 g/mol. The molecule has 7 nitrogen and oxygen atoms in total. The van der Waals surface area contributed by atoms with Gasteiger partial charge in [-0.3, -0.25) is 25.2 Å². The summed E-state index contributed by atoms with van der Waals surface area (Å²) in [6.07, 6.45) is 1.64. The topological polar surface area (TPSA) is 100 Å². The van der Waals surface area contributed by atoms with E-state index < -0.39 is 11.8 Å². The first-order chi connectivity index (χ1) is 10.1. The van der Waals surface area contributed by atoms with E-state index in [-0.39, 0.29) is 11.8 Å². The highest BCUT2D eigenvalue weighted by molar-refractivity contribution is 7.16. The van der Waals surface area contributed by atoms with Crippen molar-refractivity contribution in [3.63, 3.8) is 0 Å². The zero-order valence-electron chi connectivity index (χ0n) is 10.9. The molecule has 1 aromatic carbocycles. The van der Waals surface area contributed by atoms with Gasteiger partial charge in [0.1, 0.15) is 0 Å². The van der Waals surface area contributed by atoms with Crippen molar-refractivity contribution in [3.8, 4) is 0 Å². The van der Waals surface area contributed by atoms with Crippen LogP contribution in [0.5, 0.6) is 0 Å². The molecule has 3 amide bonds. The highest BCUT2D eigenvalue weighted by Gasteiger charge is 2.30. The second kappa shape index (κ2) is 5.49. The average molecular weight is 304 g/mol. The molecule has 108 valence electrons. The van der Waals surface area contributed by atoms with Gasteiger partial charge in [-0.25, -0.2) is 4.98 Å². The summed E-state index contributed by atoms with van der Waals surface area (Å²) >= 11 is 1.44. The number of hydrazine groups is 1. The third-order valence-corrected chi connectivity index (χ3v) is 3.83. The first kappa shape index (κ1) is 13.5. The first-order valence-corrected chi connectivity index (χ1v) is 7.26. The van der Waals surface area contributed by atoms with Gasteiger partial charge in [-0.1, -0.05) is 0 Å². The first-order valence-electron chi connectivity index (χ1n) is 6.38. The van der Waals surface area contributed by atoms with E-state index in [9.17, 15) is 14.4 Å². The minimum Gasteiger partial charge on any atom is -0.318 e. The van der Waals surface area contributed by atoms with Crippen LogP contribution in [0.3, 0.4) is 0 Å². The van der Waals surface area contributed by atoms with Crippen molar-refractivity contribution in [2.75, 3.05) is 5.32 Å². The van der Waals surface area contributed by atoms with Crippen LogP contribution < -0.4 is 16.2 Å². The lowest BCUT2D eigenvalue weighted by molar-refractivity contribution is -0.138. The normalized spacial score (nSPS) is 13.7. The summed E-state index contributed by atoms with van der Waals surface area (Å²) in [4.78, 5) is 38.7. The van der Waals surface area contributed by atoms with E-state index in [0.717, 1.165) is 23.1 Å². The predicted octanol–water partition coefficient (Wildman–Crippen LogP) is 0.792. The molecule has 1 heterocycles. The third-order valence-electron chi connectivity index (χ3n) is 3.04. The number of anilines is 1. The van der Waals surface area contributed by atoms with Gasteiger partial charge in [0, 0.05) is 11.6 Å². The molecule has 1 aromatic heterocycles. The van der Waals surface area contributed by atoms with Gasteiger partial charge >= 0.3 is 11.8 Å². The summed E-state index contributed by atoms with van der Waals surface area (Å²) in [5.74, 6) is -2.05. The molecule has 1 aliphatic rings. The summed E-state index contributed by atoms with van der Waals surface area (Å²) in [5.41, 5.74) is 7.36. The van der Waals surface area contributed by atoms with Crippen molar-refractivity contribution in [1.82, 2.24) is 15.8 Å². The summed E-state index contributed by atoms with van der Waals surface area (Å²) in [5, 5.41) is 2.47. The van der Waals surface area contributed by atoms with Gasteiger partial charge in [0.15, 0.2) is 0 Å². The van der Waals surface area contributed by atoms with Crippen LogP contribution in [0.25, 0.3) is 10.2 Å². The smallest absolute Gasteiger partial charge is 0.318 e. The summed E-state index contributed by atoms with van der Waals surface area (Å²) in [6, 6.07) is 5.16. The van der Waals surface area contributed by atoms with E-state index in [1.54, 1.807) is 23.7 Å². The molecule has 0 unspecified atom stereocenters. The summed E-state index contributed by atoms with van der Waals surface area (Å²) in [6.45, 7) is 0. The van der Waals surface area contributed by atoms with Crippen molar-refractivity contribution in [1.29, 1.82) is 0 Å². The molecule has 8 heteroatoms. The van der Waals surface area contributed by atoms with Crippen LogP contribution in [0.4, 0.5) is 5.69 Å². The molecule has 2 aromatic rings. The molecule has 0 aliphatic heterocycles. The summed E-state index contributed by atoms with van der Waals surface area (Å²) in [7, 11) is 0. The lowest BCUT2D eigenvalue weighted by atomic mass is 10.3. The second-order valence-electron chi connectivity index (χ2n) is 4.71. The Morgan fingerprint density at radius 1 is 1.14 bits per heavy atom. The zero-order chi connectivity index (χ0) is 14.8. The van der Waals surface area contributed by atoms with Crippen LogP contribution in [-0.2, 0) is 14.4 Å². The molecular formula is C13H12N4O3S. The second-order valence-corrected chi connectivity index (χ2v) is 5.59. The number of aromatic nitrogens is 1. The van der Waals surface area contributed by atoms with E-state index in [1.807, 2.05) is 0 Å². The minimum absolute atomic E-state index is 0.0397. The lowest BCUT2D eigenvalue weighted by Crippen LogP contribution is -2.47. The van der Waals surface area contributed by atoms with Crippen molar-refractivity contribution in [3.05, 3.63) is 23.7 Å². The van der Waals surface area contributed by atoms with Crippen molar-refractivity contribution in [2.24, 2.45) is 5.92 Å². The number of hydrogen-bond donors (Lipinski definition) is 3.